The monoisotopic (exact) mass is 380 g/mol. The fourth-order valence-corrected chi connectivity index (χ4v) is 6.54. The highest BCUT2D eigenvalue weighted by Crippen LogP contribution is 2.32. The van der Waals surface area contributed by atoms with Crippen LogP contribution in [0.25, 0.3) is 0 Å². The van der Waals surface area contributed by atoms with Gasteiger partial charge in [-0.1, -0.05) is 12.8 Å². The van der Waals surface area contributed by atoms with Gasteiger partial charge in [0, 0.05) is 32.3 Å². The van der Waals surface area contributed by atoms with Crippen molar-refractivity contribution in [1.82, 2.24) is 19.6 Å². The lowest BCUT2D eigenvalue weighted by molar-refractivity contribution is -0.140. The van der Waals surface area contributed by atoms with Gasteiger partial charge >= 0.3 is 0 Å². The van der Waals surface area contributed by atoms with E-state index in [1.165, 1.54) is 0 Å². The smallest absolute Gasteiger partial charge is 0.274 e. The van der Waals surface area contributed by atoms with Crippen LogP contribution in [-0.2, 0) is 21.7 Å². The number of hydrogen-bond donors (Lipinski definition) is 0. The minimum Gasteiger partial charge on any atom is -0.335 e. The van der Waals surface area contributed by atoms with E-state index in [-0.39, 0.29) is 29.2 Å². The van der Waals surface area contributed by atoms with Crippen LogP contribution in [0.5, 0.6) is 0 Å². The SMILES string of the molecule is Cn1ccc(C(=O)N2CCN(C(=O)C3CCCC3)C3CS(=O)(=O)CC32)n1. The van der Waals surface area contributed by atoms with Crippen molar-refractivity contribution in [2.75, 3.05) is 24.6 Å². The number of aromatic nitrogens is 2. The summed E-state index contributed by atoms with van der Waals surface area (Å²) in [5, 5.41) is 4.15. The molecule has 0 bridgehead atoms. The Morgan fingerprint density at radius 2 is 1.69 bits per heavy atom. The maximum Gasteiger partial charge on any atom is 0.274 e. The van der Waals surface area contributed by atoms with E-state index >= 15 is 0 Å². The molecule has 3 aliphatic rings. The predicted octanol–water partition coefficient (Wildman–Crippen LogP) is 0.0603. The van der Waals surface area contributed by atoms with E-state index in [0.717, 1.165) is 25.7 Å². The first-order valence-corrected chi connectivity index (χ1v) is 11.0. The molecule has 8 nitrogen and oxygen atoms in total. The normalized spacial score (nSPS) is 28.3. The minimum atomic E-state index is -3.28. The molecule has 3 fully saturated rings. The topological polar surface area (TPSA) is 92.6 Å². The molecule has 2 saturated heterocycles. The molecule has 2 aliphatic heterocycles. The Morgan fingerprint density at radius 1 is 1.08 bits per heavy atom. The predicted molar refractivity (Wildman–Crippen MR) is 94.1 cm³/mol. The Labute approximate surface area is 153 Å². The van der Waals surface area contributed by atoms with Crippen LogP contribution in [-0.4, -0.2) is 76.5 Å². The van der Waals surface area contributed by atoms with Gasteiger partial charge < -0.3 is 9.80 Å². The van der Waals surface area contributed by atoms with E-state index in [0.29, 0.717) is 18.8 Å². The molecule has 2 amide bonds. The van der Waals surface area contributed by atoms with E-state index in [9.17, 15) is 18.0 Å². The molecule has 0 aromatic carbocycles. The maximum atomic E-state index is 12.9. The van der Waals surface area contributed by atoms with Crippen LogP contribution in [0.3, 0.4) is 0 Å². The number of fused-ring (bicyclic) bond motifs is 1. The molecule has 3 heterocycles. The van der Waals surface area contributed by atoms with E-state index < -0.39 is 21.9 Å². The summed E-state index contributed by atoms with van der Waals surface area (Å²) in [7, 11) is -1.54. The van der Waals surface area contributed by atoms with Gasteiger partial charge in [-0.15, -0.1) is 0 Å². The van der Waals surface area contributed by atoms with Gasteiger partial charge in [0.2, 0.25) is 5.91 Å². The fourth-order valence-electron chi connectivity index (χ4n) is 4.56. The third-order valence-electron chi connectivity index (χ3n) is 5.86. The molecule has 4 rings (SSSR count). The van der Waals surface area contributed by atoms with Gasteiger partial charge in [-0.25, -0.2) is 8.42 Å². The summed E-state index contributed by atoms with van der Waals surface area (Å²) < 4.78 is 26.2. The Hall–Kier alpha value is -1.90. The Balaban J connectivity index is 1.59. The summed E-state index contributed by atoms with van der Waals surface area (Å²) in [6.45, 7) is 0.745. The molecule has 1 aromatic heterocycles. The van der Waals surface area contributed by atoms with Gasteiger partial charge in [-0.2, -0.15) is 5.10 Å². The van der Waals surface area contributed by atoms with Gasteiger partial charge in [-0.05, 0) is 18.9 Å². The van der Waals surface area contributed by atoms with Gasteiger partial charge in [0.25, 0.3) is 5.91 Å². The van der Waals surface area contributed by atoms with Crippen molar-refractivity contribution >= 4 is 21.7 Å². The zero-order valence-corrected chi connectivity index (χ0v) is 15.7. The number of aryl methyl sites for hydroxylation is 1. The quantitative estimate of drug-likeness (QED) is 0.723. The summed E-state index contributed by atoms with van der Waals surface area (Å²) in [5.74, 6) is -0.311. The van der Waals surface area contributed by atoms with Crippen molar-refractivity contribution in [2.24, 2.45) is 13.0 Å². The van der Waals surface area contributed by atoms with Crippen LogP contribution in [0, 0.1) is 5.92 Å². The Bertz CT molecular complexity index is 828. The van der Waals surface area contributed by atoms with Crippen LogP contribution in [0.15, 0.2) is 12.3 Å². The number of amides is 2. The highest BCUT2D eigenvalue weighted by atomic mass is 32.2. The molecule has 1 aromatic rings. The second-order valence-corrected chi connectivity index (χ2v) is 9.75. The lowest BCUT2D eigenvalue weighted by Crippen LogP contribution is -2.62. The molecule has 0 spiro atoms. The van der Waals surface area contributed by atoms with Crippen LogP contribution in [0.4, 0.5) is 0 Å². The lowest BCUT2D eigenvalue weighted by atomic mass is 9.99. The standard InChI is InChI=1S/C17H24N4O4S/c1-19-7-6-13(18-19)17(23)21-9-8-20(16(22)12-4-2-3-5-12)14-10-26(24,25)11-15(14)21/h6-7,12,14-15H,2-5,8-11H2,1H3. The van der Waals surface area contributed by atoms with E-state index in [4.69, 9.17) is 0 Å². The van der Waals surface area contributed by atoms with Gasteiger partial charge in [0.15, 0.2) is 9.84 Å². The number of sulfone groups is 1. The van der Waals surface area contributed by atoms with Crippen molar-refractivity contribution in [3.05, 3.63) is 18.0 Å². The molecule has 2 atom stereocenters. The van der Waals surface area contributed by atoms with Crippen LogP contribution < -0.4 is 0 Å². The summed E-state index contributed by atoms with van der Waals surface area (Å²) >= 11 is 0. The van der Waals surface area contributed by atoms with Gasteiger partial charge in [-0.3, -0.25) is 14.3 Å². The third kappa shape index (κ3) is 3.02. The van der Waals surface area contributed by atoms with E-state index in [2.05, 4.69) is 5.10 Å². The zero-order valence-electron chi connectivity index (χ0n) is 14.9. The first-order valence-electron chi connectivity index (χ1n) is 9.17. The molecule has 0 radical (unpaired) electrons. The molecule has 9 heteroatoms. The summed E-state index contributed by atoms with van der Waals surface area (Å²) in [5.41, 5.74) is 0.311. The van der Waals surface area contributed by atoms with Gasteiger partial charge in [0.1, 0.15) is 5.69 Å². The highest BCUT2D eigenvalue weighted by molar-refractivity contribution is 7.91. The molecular formula is C17H24N4O4S. The number of piperazine rings is 1. The number of rotatable bonds is 2. The van der Waals surface area contributed by atoms with E-state index in [1.54, 1.807) is 33.8 Å². The molecule has 1 saturated carbocycles. The van der Waals surface area contributed by atoms with Crippen molar-refractivity contribution in [3.8, 4) is 0 Å². The second-order valence-electron chi connectivity index (χ2n) is 7.60. The largest absolute Gasteiger partial charge is 0.335 e. The second kappa shape index (κ2) is 6.37. The van der Waals surface area contributed by atoms with Crippen molar-refractivity contribution < 1.29 is 18.0 Å². The number of nitrogens with zero attached hydrogens (tertiary/aromatic N) is 4. The molecule has 26 heavy (non-hydrogen) atoms. The van der Waals surface area contributed by atoms with Crippen molar-refractivity contribution in [1.29, 1.82) is 0 Å². The minimum absolute atomic E-state index is 0.0111. The summed E-state index contributed by atoms with van der Waals surface area (Å²) in [6.07, 6.45) is 5.57. The number of carbonyl (C=O) groups is 2. The van der Waals surface area contributed by atoms with Gasteiger partial charge in [0.05, 0.1) is 23.6 Å². The van der Waals surface area contributed by atoms with Crippen LogP contribution >= 0.6 is 0 Å². The zero-order chi connectivity index (χ0) is 18.5. The Kier molecular flexibility index (Phi) is 4.29. The lowest BCUT2D eigenvalue weighted by Gasteiger charge is -2.44. The van der Waals surface area contributed by atoms with E-state index in [1.807, 2.05) is 0 Å². The molecular weight excluding hydrogens is 356 g/mol. The average molecular weight is 380 g/mol. The highest BCUT2D eigenvalue weighted by Gasteiger charge is 2.50. The van der Waals surface area contributed by atoms with Crippen LogP contribution in [0.2, 0.25) is 0 Å². The average Bonchev–Trinajstić information content (AvgIpc) is 3.31. The fraction of sp³-hybridized carbons (Fsp3) is 0.706. The Morgan fingerprint density at radius 3 is 2.31 bits per heavy atom. The maximum absolute atomic E-state index is 12.9. The number of carbonyl (C=O) groups excluding carboxylic acids is 2. The molecule has 0 N–H and O–H groups in total. The van der Waals surface area contributed by atoms with Crippen LogP contribution in [0.1, 0.15) is 36.2 Å². The first-order chi connectivity index (χ1) is 12.4. The van der Waals surface area contributed by atoms with Crippen molar-refractivity contribution in [2.45, 2.75) is 37.8 Å². The van der Waals surface area contributed by atoms with Crippen molar-refractivity contribution in [3.63, 3.8) is 0 Å². The summed E-state index contributed by atoms with van der Waals surface area (Å²) in [6, 6.07) is 0.722. The summed E-state index contributed by atoms with van der Waals surface area (Å²) in [4.78, 5) is 29.1. The first kappa shape index (κ1) is 17.5. The number of hydrogen-bond acceptors (Lipinski definition) is 5. The molecule has 1 aliphatic carbocycles. The molecule has 2 unspecified atom stereocenters. The third-order valence-corrected chi connectivity index (χ3v) is 7.56. The molecule has 142 valence electrons.